The molecule has 0 aliphatic carbocycles. The lowest BCUT2D eigenvalue weighted by Crippen LogP contribution is -2.13. The van der Waals surface area contributed by atoms with Crippen LogP contribution in [0.3, 0.4) is 0 Å². The monoisotopic (exact) mass is 281 g/mol. The van der Waals surface area contributed by atoms with Crippen LogP contribution in [0.4, 0.5) is 4.39 Å². The molecular weight excluding hydrogens is 272 g/mol. The molecule has 0 saturated carbocycles. The van der Waals surface area contributed by atoms with Crippen molar-refractivity contribution in [2.45, 2.75) is 12.5 Å². The van der Waals surface area contributed by atoms with Crippen LogP contribution in [0.5, 0.6) is 0 Å². The lowest BCUT2D eigenvalue weighted by atomic mass is 10.0. The van der Waals surface area contributed by atoms with E-state index in [-0.39, 0.29) is 6.61 Å². The molecule has 14 heavy (non-hydrogen) atoms. The number of nitrogens with two attached hydrogens (primary N) is 1. The smallest absolute Gasteiger partial charge is 0.129 e. The van der Waals surface area contributed by atoms with Crippen molar-refractivity contribution in [2.24, 2.45) is 5.73 Å². The van der Waals surface area contributed by atoms with Crippen molar-refractivity contribution in [3.63, 3.8) is 0 Å². The van der Waals surface area contributed by atoms with Crippen LogP contribution in [0.1, 0.15) is 18.0 Å². The van der Waals surface area contributed by atoms with Crippen LogP contribution in [-0.4, -0.2) is 11.7 Å². The minimum atomic E-state index is -0.523. The standard InChI is InChI=1S/C9H10BrClFNO/c10-6-4-8(12)5(3-7(6)11)9(13)1-2-14/h3-4,9,14H,1-2,13H2. The fraction of sp³-hybridized carbons (Fsp3) is 0.333. The number of hydrogen-bond donors (Lipinski definition) is 2. The molecule has 0 saturated heterocycles. The SMILES string of the molecule is NC(CCO)c1cc(Cl)c(Br)cc1F. The summed E-state index contributed by atoms with van der Waals surface area (Å²) in [6.07, 6.45) is 0.314. The summed E-state index contributed by atoms with van der Waals surface area (Å²) in [5.41, 5.74) is 5.98. The summed E-state index contributed by atoms with van der Waals surface area (Å²) in [5.74, 6) is -0.415. The van der Waals surface area contributed by atoms with Gasteiger partial charge in [-0.3, -0.25) is 0 Å². The molecule has 78 valence electrons. The average Bonchev–Trinajstić information content (AvgIpc) is 2.11. The molecular formula is C9H10BrClFNO. The predicted octanol–water partition coefficient (Wildman–Crippen LogP) is 2.62. The molecule has 0 bridgehead atoms. The zero-order valence-corrected chi connectivity index (χ0v) is 9.65. The number of aliphatic hydroxyl groups excluding tert-OH is 1. The van der Waals surface area contributed by atoms with Crippen molar-refractivity contribution in [3.05, 3.63) is 33.0 Å². The summed E-state index contributed by atoms with van der Waals surface area (Å²) in [5, 5.41) is 9.08. The summed E-state index contributed by atoms with van der Waals surface area (Å²) in [4.78, 5) is 0. The molecule has 1 aromatic rings. The van der Waals surface area contributed by atoms with E-state index in [9.17, 15) is 4.39 Å². The fourth-order valence-corrected chi connectivity index (χ4v) is 1.60. The van der Waals surface area contributed by atoms with Crippen molar-refractivity contribution in [1.29, 1.82) is 0 Å². The Bertz CT molecular complexity index is 335. The van der Waals surface area contributed by atoms with E-state index in [4.69, 9.17) is 22.4 Å². The van der Waals surface area contributed by atoms with Crippen molar-refractivity contribution in [1.82, 2.24) is 0 Å². The molecule has 0 heterocycles. The molecule has 3 N–H and O–H groups in total. The van der Waals surface area contributed by atoms with Gasteiger partial charge in [0.1, 0.15) is 5.82 Å². The van der Waals surface area contributed by atoms with Crippen molar-refractivity contribution in [3.8, 4) is 0 Å². The zero-order valence-electron chi connectivity index (χ0n) is 7.30. The van der Waals surface area contributed by atoms with Crippen LogP contribution in [0.15, 0.2) is 16.6 Å². The minimum absolute atomic E-state index is 0.0751. The van der Waals surface area contributed by atoms with Gasteiger partial charge in [-0.2, -0.15) is 0 Å². The van der Waals surface area contributed by atoms with E-state index in [1.54, 1.807) is 0 Å². The number of halogens is 3. The molecule has 0 aromatic heterocycles. The third-order valence-corrected chi connectivity index (χ3v) is 3.08. The quantitative estimate of drug-likeness (QED) is 0.837. The normalized spacial score (nSPS) is 12.9. The molecule has 1 aromatic carbocycles. The van der Waals surface area contributed by atoms with Crippen molar-refractivity contribution in [2.75, 3.05) is 6.61 Å². The fourth-order valence-electron chi connectivity index (χ4n) is 1.12. The van der Waals surface area contributed by atoms with Crippen LogP contribution in [0.25, 0.3) is 0 Å². The lowest BCUT2D eigenvalue weighted by molar-refractivity contribution is 0.275. The molecule has 0 fully saturated rings. The van der Waals surface area contributed by atoms with E-state index in [0.29, 0.717) is 21.5 Å². The van der Waals surface area contributed by atoms with Crippen LogP contribution >= 0.6 is 27.5 Å². The minimum Gasteiger partial charge on any atom is -0.396 e. The number of rotatable bonds is 3. The van der Waals surface area contributed by atoms with Crippen molar-refractivity contribution >= 4 is 27.5 Å². The molecule has 0 aliphatic heterocycles. The Balaban J connectivity index is 3.02. The summed E-state index contributed by atoms with van der Waals surface area (Å²) in [6, 6.07) is 2.22. The van der Waals surface area contributed by atoms with Gasteiger partial charge >= 0.3 is 0 Å². The predicted molar refractivity (Wildman–Crippen MR) is 57.7 cm³/mol. The zero-order chi connectivity index (χ0) is 10.7. The van der Waals surface area contributed by atoms with Gasteiger partial charge in [0, 0.05) is 22.7 Å². The first kappa shape index (κ1) is 11.9. The topological polar surface area (TPSA) is 46.2 Å². The summed E-state index contributed by atoms with van der Waals surface area (Å²) in [6.45, 7) is -0.0751. The number of aliphatic hydroxyl groups is 1. The van der Waals surface area contributed by atoms with Crippen LogP contribution in [-0.2, 0) is 0 Å². The Morgan fingerprint density at radius 2 is 2.21 bits per heavy atom. The second-order valence-corrected chi connectivity index (χ2v) is 4.17. The lowest BCUT2D eigenvalue weighted by Gasteiger charge is -2.12. The molecule has 0 amide bonds. The summed E-state index contributed by atoms with van der Waals surface area (Å²) < 4.78 is 13.9. The molecule has 1 rings (SSSR count). The molecule has 1 atom stereocenters. The molecule has 2 nitrogen and oxygen atoms in total. The Morgan fingerprint density at radius 3 is 2.79 bits per heavy atom. The maximum absolute atomic E-state index is 13.4. The highest BCUT2D eigenvalue weighted by Gasteiger charge is 2.13. The third kappa shape index (κ3) is 2.67. The van der Waals surface area contributed by atoms with Gasteiger partial charge in [0.05, 0.1) is 5.02 Å². The maximum atomic E-state index is 13.4. The van der Waals surface area contributed by atoms with Gasteiger partial charge in [-0.25, -0.2) is 4.39 Å². The van der Waals surface area contributed by atoms with E-state index in [0.717, 1.165) is 0 Å². The van der Waals surface area contributed by atoms with E-state index in [1.165, 1.54) is 12.1 Å². The second-order valence-electron chi connectivity index (χ2n) is 2.91. The molecule has 5 heteroatoms. The molecule has 0 spiro atoms. The summed E-state index contributed by atoms with van der Waals surface area (Å²) >= 11 is 8.90. The number of benzene rings is 1. The molecule has 0 radical (unpaired) electrons. The highest BCUT2D eigenvalue weighted by molar-refractivity contribution is 9.10. The van der Waals surface area contributed by atoms with E-state index >= 15 is 0 Å². The van der Waals surface area contributed by atoms with Gasteiger partial charge in [-0.05, 0) is 34.5 Å². The van der Waals surface area contributed by atoms with Gasteiger partial charge in [-0.1, -0.05) is 11.6 Å². The first-order valence-corrected chi connectivity index (χ1v) is 5.24. The highest BCUT2D eigenvalue weighted by atomic mass is 79.9. The Hall–Kier alpha value is -0.160. The molecule has 1 unspecified atom stereocenters. The highest BCUT2D eigenvalue weighted by Crippen LogP contribution is 2.28. The van der Waals surface area contributed by atoms with Crippen LogP contribution in [0, 0.1) is 5.82 Å². The largest absolute Gasteiger partial charge is 0.396 e. The van der Waals surface area contributed by atoms with Gasteiger partial charge in [0.15, 0.2) is 0 Å². The second kappa shape index (κ2) is 5.07. The number of hydrogen-bond acceptors (Lipinski definition) is 2. The van der Waals surface area contributed by atoms with Crippen LogP contribution < -0.4 is 5.73 Å². The molecule has 0 aliphatic rings. The van der Waals surface area contributed by atoms with Gasteiger partial charge in [-0.15, -0.1) is 0 Å². The van der Waals surface area contributed by atoms with Gasteiger partial charge in [0.25, 0.3) is 0 Å². The van der Waals surface area contributed by atoms with Gasteiger partial charge < -0.3 is 10.8 Å². The van der Waals surface area contributed by atoms with E-state index in [1.807, 2.05) is 0 Å². The Kier molecular flexibility index (Phi) is 4.31. The maximum Gasteiger partial charge on any atom is 0.129 e. The Labute approximate surface area is 95.0 Å². The Morgan fingerprint density at radius 1 is 1.57 bits per heavy atom. The summed E-state index contributed by atoms with van der Waals surface area (Å²) in [7, 11) is 0. The first-order valence-electron chi connectivity index (χ1n) is 4.07. The first-order chi connectivity index (χ1) is 6.56. The van der Waals surface area contributed by atoms with E-state index in [2.05, 4.69) is 15.9 Å². The average molecular weight is 283 g/mol. The third-order valence-electron chi connectivity index (χ3n) is 1.88. The van der Waals surface area contributed by atoms with Crippen molar-refractivity contribution < 1.29 is 9.50 Å². The van der Waals surface area contributed by atoms with E-state index < -0.39 is 11.9 Å². The van der Waals surface area contributed by atoms with Crippen LogP contribution in [0.2, 0.25) is 5.02 Å². The van der Waals surface area contributed by atoms with Gasteiger partial charge in [0.2, 0.25) is 0 Å².